The average Bonchev–Trinajstić information content (AvgIpc) is 2.63. The zero-order chi connectivity index (χ0) is 11.9. The number of fused-ring (bicyclic) bond motifs is 1. The van der Waals surface area contributed by atoms with Crippen molar-refractivity contribution in [3.8, 4) is 5.75 Å². The monoisotopic (exact) mass is 239 g/mol. The summed E-state index contributed by atoms with van der Waals surface area (Å²) in [4.78, 5) is 13.9. The first kappa shape index (κ1) is 10.8. The number of aromatic carboxylic acids is 1. The van der Waals surface area contributed by atoms with E-state index in [1.165, 1.54) is 13.3 Å². The number of aromatic amines is 1. The van der Waals surface area contributed by atoms with E-state index in [0.717, 1.165) is 5.56 Å². The predicted octanol–water partition coefficient (Wildman–Crippen LogP) is 2.84. The summed E-state index contributed by atoms with van der Waals surface area (Å²) in [6, 6.07) is 1.70. The van der Waals surface area contributed by atoms with Gasteiger partial charge in [-0.25, -0.2) is 4.79 Å². The van der Waals surface area contributed by atoms with Crippen LogP contribution in [0.15, 0.2) is 12.3 Å². The van der Waals surface area contributed by atoms with Gasteiger partial charge in [-0.3, -0.25) is 0 Å². The molecule has 4 nitrogen and oxygen atoms in total. The normalized spacial score (nSPS) is 10.7. The first-order chi connectivity index (χ1) is 7.56. The van der Waals surface area contributed by atoms with Crippen LogP contribution < -0.4 is 4.74 Å². The fourth-order valence-electron chi connectivity index (χ4n) is 1.75. The van der Waals surface area contributed by atoms with Crippen LogP contribution in [-0.4, -0.2) is 23.2 Å². The lowest BCUT2D eigenvalue weighted by Crippen LogP contribution is -1.97. The highest BCUT2D eigenvalue weighted by atomic mass is 35.5. The number of hydrogen-bond donors (Lipinski definition) is 2. The number of H-pyrrole nitrogens is 1. The second-order valence-electron chi connectivity index (χ2n) is 3.45. The van der Waals surface area contributed by atoms with E-state index in [2.05, 4.69) is 4.98 Å². The molecular formula is C11H10ClNO3. The summed E-state index contributed by atoms with van der Waals surface area (Å²) in [5.74, 6) is -0.493. The Morgan fingerprint density at radius 2 is 2.25 bits per heavy atom. The van der Waals surface area contributed by atoms with Gasteiger partial charge in [0.25, 0.3) is 0 Å². The maximum absolute atomic E-state index is 11.0. The predicted molar refractivity (Wildman–Crippen MR) is 61.6 cm³/mol. The summed E-state index contributed by atoms with van der Waals surface area (Å²) in [7, 11) is 1.50. The molecule has 0 fully saturated rings. The molecule has 0 unspecified atom stereocenters. The second-order valence-corrected chi connectivity index (χ2v) is 3.85. The van der Waals surface area contributed by atoms with Crippen molar-refractivity contribution in [2.75, 3.05) is 7.11 Å². The number of hydrogen-bond acceptors (Lipinski definition) is 2. The van der Waals surface area contributed by atoms with Crippen molar-refractivity contribution in [2.24, 2.45) is 0 Å². The molecule has 2 rings (SSSR count). The van der Waals surface area contributed by atoms with Gasteiger partial charge in [-0.2, -0.15) is 0 Å². The Morgan fingerprint density at radius 3 is 2.81 bits per heavy atom. The van der Waals surface area contributed by atoms with Crippen molar-refractivity contribution in [1.82, 2.24) is 4.98 Å². The Balaban J connectivity index is 2.91. The third-order valence-electron chi connectivity index (χ3n) is 2.54. The largest absolute Gasteiger partial charge is 0.496 e. The van der Waals surface area contributed by atoms with Crippen LogP contribution in [-0.2, 0) is 0 Å². The minimum atomic E-state index is -0.994. The molecule has 5 heteroatoms. The van der Waals surface area contributed by atoms with Gasteiger partial charge < -0.3 is 14.8 Å². The maximum atomic E-state index is 11.0. The number of carboxylic acids is 1. The average molecular weight is 240 g/mol. The zero-order valence-electron chi connectivity index (χ0n) is 8.80. The van der Waals surface area contributed by atoms with Gasteiger partial charge >= 0.3 is 5.97 Å². The molecule has 2 N–H and O–H groups in total. The molecule has 0 saturated carbocycles. The van der Waals surface area contributed by atoms with Crippen LogP contribution in [0, 0.1) is 6.92 Å². The molecule has 0 radical (unpaired) electrons. The SMILES string of the molecule is COc1c(C)c(Cl)cc2[nH]cc(C(=O)O)c12. The van der Waals surface area contributed by atoms with E-state index in [1.54, 1.807) is 13.0 Å². The number of carboxylic acid groups (broad SMARTS) is 1. The Labute approximate surface area is 96.8 Å². The van der Waals surface area contributed by atoms with E-state index in [0.29, 0.717) is 21.7 Å². The third kappa shape index (κ3) is 1.42. The first-order valence-corrected chi connectivity index (χ1v) is 5.01. The molecule has 0 aliphatic heterocycles. The van der Waals surface area contributed by atoms with Gasteiger partial charge in [-0.1, -0.05) is 11.6 Å². The number of carbonyl (C=O) groups is 1. The van der Waals surface area contributed by atoms with Gasteiger partial charge in [-0.05, 0) is 13.0 Å². The number of aromatic nitrogens is 1. The topological polar surface area (TPSA) is 62.3 Å². The van der Waals surface area contributed by atoms with Crippen LogP contribution in [0.1, 0.15) is 15.9 Å². The van der Waals surface area contributed by atoms with Crippen LogP contribution in [0.2, 0.25) is 5.02 Å². The lowest BCUT2D eigenvalue weighted by atomic mass is 10.1. The molecule has 0 atom stereocenters. The van der Waals surface area contributed by atoms with Gasteiger partial charge in [0, 0.05) is 16.8 Å². The quantitative estimate of drug-likeness (QED) is 0.847. The highest BCUT2D eigenvalue weighted by molar-refractivity contribution is 6.32. The van der Waals surface area contributed by atoms with E-state index in [1.807, 2.05) is 0 Å². The molecule has 1 heterocycles. The van der Waals surface area contributed by atoms with Crippen LogP contribution in [0.4, 0.5) is 0 Å². The molecule has 0 spiro atoms. The maximum Gasteiger partial charge on any atom is 0.338 e. The molecule has 0 aliphatic carbocycles. The van der Waals surface area contributed by atoms with E-state index in [4.69, 9.17) is 21.4 Å². The third-order valence-corrected chi connectivity index (χ3v) is 2.93. The van der Waals surface area contributed by atoms with Gasteiger partial charge in [0.15, 0.2) is 0 Å². The van der Waals surface area contributed by atoms with E-state index >= 15 is 0 Å². The summed E-state index contributed by atoms with van der Waals surface area (Å²) in [5.41, 5.74) is 1.58. The smallest absolute Gasteiger partial charge is 0.338 e. The Kier molecular flexibility index (Phi) is 2.52. The molecule has 1 aromatic heterocycles. The van der Waals surface area contributed by atoms with Crippen LogP contribution in [0.3, 0.4) is 0 Å². The number of nitrogens with one attached hydrogen (secondary N) is 1. The van der Waals surface area contributed by atoms with E-state index in [-0.39, 0.29) is 5.56 Å². The van der Waals surface area contributed by atoms with E-state index in [9.17, 15) is 4.79 Å². The van der Waals surface area contributed by atoms with Gasteiger partial charge in [0.1, 0.15) is 5.75 Å². The summed E-state index contributed by atoms with van der Waals surface area (Å²) in [6.45, 7) is 1.79. The summed E-state index contributed by atoms with van der Waals surface area (Å²) < 4.78 is 5.22. The van der Waals surface area contributed by atoms with Crippen molar-refractivity contribution in [1.29, 1.82) is 0 Å². The number of ether oxygens (including phenoxy) is 1. The molecule has 16 heavy (non-hydrogen) atoms. The lowest BCUT2D eigenvalue weighted by molar-refractivity contribution is 0.0699. The van der Waals surface area contributed by atoms with Crippen molar-refractivity contribution in [3.63, 3.8) is 0 Å². The van der Waals surface area contributed by atoms with Gasteiger partial charge in [-0.15, -0.1) is 0 Å². The number of rotatable bonds is 2. The molecule has 2 aromatic rings. The van der Waals surface area contributed by atoms with Crippen molar-refractivity contribution in [3.05, 3.63) is 28.4 Å². The minimum Gasteiger partial charge on any atom is -0.496 e. The second kappa shape index (κ2) is 3.72. The Hall–Kier alpha value is -1.68. The van der Waals surface area contributed by atoms with Gasteiger partial charge in [0.2, 0.25) is 0 Å². The van der Waals surface area contributed by atoms with Crippen molar-refractivity contribution < 1.29 is 14.6 Å². The van der Waals surface area contributed by atoms with Crippen LogP contribution in [0.25, 0.3) is 10.9 Å². The summed E-state index contributed by atoms with van der Waals surface area (Å²) >= 11 is 6.01. The lowest BCUT2D eigenvalue weighted by Gasteiger charge is -2.08. The van der Waals surface area contributed by atoms with E-state index < -0.39 is 5.97 Å². The number of benzene rings is 1. The number of methoxy groups -OCH3 is 1. The van der Waals surface area contributed by atoms with Gasteiger partial charge in [0.05, 0.1) is 23.6 Å². The Bertz CT molecular complexity index is 574. The summed E-state index contributed by atoms with van der Waals surface area (Å²) in [6.07, 6.45) is 1.44. The molecule has 1 aromatic carbocycles. The number of halogens is 1. The van der Waals surface area contributed by atoms with Crippen molar-refractivity contribution in [2.45, 2.75) is 6.92 Å². The molecule has 0 bridgehead atoms. The Morgan fingerprint density at radius 1 is 1.56 bits per heavy atom. The van der Waals surface area contributed by atoms with Crippen LogP contribution >= 0.6 is 11.6 Å². The van der Waals surface area contributed by atoms with Crippen LogP contribution in [0.5, 0.6) is 5.75 Å². The molecule has 0 amide bonds. The fraction of sp³-hybridized carbons (Fsp3) is 0.182. The molecule has 84 valence electrons. The zero-order valence-corrected chi connectivity index (χ0v) is 9.55. The van der Waals surface area contributed by atoms with Crippen molar-refractivity contribution >= 4 is 28.5 Å². The molecular weight excluding hydrogens is 230 g/mol. The molecule has 0 saturated heterocycles. The summed E-state index contributed by atoms with van der Waals surface area (Å²) in [5, 5.41) is 10.1. The minimum absolute atomic E-state index is 0.187. The fourth-order valence-corrected chi connectivity index (χ4v) is 1.95. The standard InChI is InChI=1S/C11H10ClNO3/c1-5-7(12)3-8-9(10(5)16-2)6(4-13-8)11(14)15/h3-4,13H,1-2H3,(H,14,15). The first-order valence-electron chi connectivity index (χ1n) is 4.63. The highest BCUT2D eigenvalue weighted by Gasteiger charge is 2.18. The molecule has 0 aliphatic rings. The highest BCUT2D eigenvalue weighted by Crippen LogP contribution is 2.36.